The Bertz CT molecular complexity index is 571. The van der Waals surface area contributed by atoms with Gasteiger partial charge in [0.05, 0.1) is 11.1 Å². The fourth-order valence-electron chi connectivity index (χ4n) is 2.73. The quantitative estimate of drug-likeness (QED) is 0.845. The van der Waals surface area contributed by atoms with Crippen LogP contribution in [0.5, 0.6) is 0 Å². The molecule has 1 atom stereocenters. The Morgan fingerprint density at radius 1 is 1.17 bits per heavy atom. The number of hydrogen-bond acceptors (Lipinski definition) is 4. The predicted octanol–water partition coefficient (Wildman–Crippen LogP) is 3.05. The van der Waals surface area contributed by atoms with Gasteiger partial charge in [-0.25, -0.2) is 9.59 Å². The number of carbonyl (C=O) groups is 2. The Morgan fingerprint density at radius 2 is 1.74 bits per heavy atom. The average Bonchev–Trinajstić information content (AvgIpc) is 2.98. The highest BCUT2D eigenvalue weighted by Gasteiger charge is 2.32. The van der Waals surface area contributed by atoms with E-state index < -0.39 is 11.9 Å². The third-order valence-electron chi connectivity index (χ3n) is 4.22. The molecule has 0 bridgehead atoms. The van der Waals surface area contributed by atoms with Crippen molar-refractivity contribution in [2.75, 3.05) is 19.6 Å². The molecule has 1 aromatic carbocycles. The number of carboxylic acids is 1. The molecule has 1 N–H and O–H groups in total. The van der Waals surface area contributed by atoms with Gasteiger partial charge in [-0.1, -0.05) is 32.9 Å². The highest BCUT2D eigenvalue weighted by atomic mass is 16.5. The average molecular weight is 319 g/mol. The molecule has 1 unspecified atom stereocenters. The highest BCUT2D eigenvalue weighted by Crippen LogP contribution is 2.26. The number of esters is 1. The number of benzene rings is 1. The summed E-state index contributed by atoms with van der Waals surface area (Å²) in [6.45, 7) is 8.83. The lowest BCUT2D eigenvalue weighted by molar-refractivity contribution is -0.0147. The van der Waals surface area contributed by atoms with Gasteiger partial charge in [0.15, 0.2) is 0 Å². The third kappa shape index (κ3) is 4.55. The Balaban J connectivity index is 2.15. The van der Waals surface area contributed by atoms with Gasteiger partial charge in [-0.3, -0.25) is 4.90 Å². The van der Waals surface area contributed by atoms with E-state index in [0.29, 0.717) is 6.54 Å². The van der Waals surface area contributed by atoms with Crippen LogP contribution < -0.4 is 0 Å². The summed E-state index contributed by atoms with van der Waals surface area (Å²) in [7, 11) is 0. The van der Waals surface area contributed by atoms with Gasteiger partial charge in [0.1, 0.15) is 6.10 Å². The first-order chi connectivity index (χ1) is 10.8. The minimum absolute atomic E-state index is 0.0219. The zero-order valence-corrected chi connectivity index (χ0v) is 14.0. The fourth-order valence-corrected chi connectivity index (χ4v) is 2.73. The normalized spacial score (nSPS) is 17.0. The van der Waals surface area contributed by atoms with Gasteiger partial charge in [-0.05, 0) is 38.1 Å². The largest absolute Gasteiger partial charge is 0.478 e. The van der Waals surface area contributed by atoms with Crippen molar-refractivity contribution < 1.29 is 19.4 Å². The SMILES string of the molecule is CC(C)(C)C(CN1CCCC1)OC(=O)c1ccccc1C(=O)O. The maximum absolute atomic E-state index is 12.5. The molecule has 0 amide bonds. The molecule has 0 spiro atoms. The molecular formula is C18H25NO4. The number of carbonyl (C=O) groups excluding carboxylic acids is 1. The molecule has 5 heteroatoms. The number of ether oxygens (including phenoxy) is 1. The van der Waals surface area contributed by atoms with Gasteiger partial charge < -0.3 is 9.84 Å². The molecule has 1 aliphatic rings. The first-order valence-electron chi connectivity index (χ1n) is 8.04. The summed E-state index contributed by atoms with van der Waals surface area (Å²) in [4.78, 5) is 26.1. The maximum Gasteiger partial charge on any atom is 0.339 e. The summed E-state index contributed by atoms with van der Waals surface area (Å²) < 4.78 is 5.71. The lowest BCUT2D eigenvalue weighted by Gasteiger charge is -2.33. The van der Waals surface area contributed by atoms with Gasteiger partial charge in [-0.2, -0.15) is 0 Å². The molecule has 0 aliphatic carbocycles. The second-order valence-electron chi connectivity index (χ2n) is 7.12. The first kappa shape index (κ1) is 17.5. The molecule has 0 aromatic heterocycles. The number of rotatable bonds is 5. The molecule has 1 heterocycles. The smallest absolute Gasteiger partial charge is 0.339 e. The Kier molecular flexibility index (Phi) is 5.42. The van der Waals surface area contributed by atoms with Crippen LogP contribution in [-0.2, 0) is 4.74 Å². The van der Waals surface area contributed by atoms with E-state index in [1.54, 1.807) is 12.1 Å². The van der Waals surface area contributed by atoms with E-state index in [9.17, 15) is 14.7 Å². The molecule has 0 radical (unpaired) electrons. The zero-order chi connectivity index (χ0) is 17.0. The van der Waals surface area contributed by atoms with Crippen molar-refractivity contribution in [1.29, 1.82) is 0 Å². The number of aromatic carboxylic acids is 1. The van der Waals surface area contributed by atoms with Crippen molar-refractivity contribution in [3.8, 4) is 0 Å². The molecule has 1 saturated heterocycles. The summed E-state index contributed by atoms with van der Waals surface area (Å²) in [5, 5.41) is 9.22. The standard InChI is InChI=1S/C18H25NO4/c1-18(2,3)15(12-19-10-6-7-11-19)23-17(22)14-9-5-4-8-13(14)16(20)21/h4-5,8-9,15H,6-7,10-12H2,1-3H3,(H,20,21). The fraction of sp³-hybridized carbons (Fsp3) is 0.556. The highest BCUT2D eigenvalue weighted by molar-refractivity contribution is 6.02. The topological polar surface area (TPSA) is 66.8 Å². The van der Waals surface area contributed by atoms with Crippen LogP contribution in [0.25, 0.3) is 0 Å². The zero-order valence-electron chi connectivity index (χ0n) is 14.0. The van der Waals surface area contributed by atoms with E-state index in [1.807, 2.05) is 20.8 Å². The van der Waals surface area contributed by atoms with Crippen LogP contribution in [0.2, 0.25) is 0 Å². The summed E-state index contributed by atoms with van der Waals surface area (Å²) in [6, 6.07) is 6.17. The van der Waals surface area contributed by atoms with Crippen LogP contribution in [0.1, 0.15) is 54.3 Å². The number of nitrogens with zero attached hydrogens (tertiary/aromatic N) is 1. The van der Waals surface area contributed by atoms with Gasteiger partial charge in [0, 0.05) is 12.0 Å². The number of likely N-dealkylation sites (tertiary alicyclic amines) is 1. The lowest BCUT2D eigenvalue weighted by atomic mass is 9.88. The van der Waals surface area contributed by atoms with Crippen molar-refractivity contribution in [2.24, 2.45) is 5.41 Å². The Morgan fingerprint density at radius 3 is 2.26 bits per heavy atom. The number of hydrogen-bond donors (Lipinski definition) is 1. The molecule has 0 saturated carbocycles. The van der Waals surface area contributed by atoms with E-state index in [2.05, 4.69) is 4.90 Å². The van der Waals surface area contributed by atoms with Crippen LogP contribution in [0.4, 0.5) is 0 Å². The Hall–Kier alpha value is -1.88. The van der Waals surface area contributed by atoms with E-state index in [0.717, 1.165) is 13.1 Å². The van der Waals surface area contributed by atoms with E-state index in [1.165, 1.54) is 25.0 Å². The van der Waals surface area contributed by atoms with E-state index >= 15 is 0 Å². The second kappa shape index (κ2) is 7.13. The molecule has 1 aromatic rings. The molecule has 2 rings (SSSR count). The summed E-state index contributed by atoms with van der Waals surface area (Å²) in [5.41, 5.74) is -0.127. The van der Waals surface area contributed by atoms with Gasteiger partial charge in [0.2, 0.25) is 0 Å². The van der Waals surface area contributed by atoms with Crippen molar-refractivity contribution in [3.63, 3.8) is 0 Å². The molecular weight excluding hydrogens is 294 g/mol. The summed E-state index contributed by atoms with van der Waals surface area (Å²) in [5.74, 6) is -1.69. The van der Waals surface area contributed by atoms with Crippen molar-refractivity contribution in [1.82, 2.24) is 4.90 Å². The van der Waals surface area contributed by atoms with E-state index in [4.69, 9.17) is 4.74 Å². The molecule has 5 nitrogen and oxygen atoms in total. The summed E-state index contributed by atoms with van der Waals surface area (Å²) >= 11 is 0. The van der Waals surface area contributed by atoms with Crippen LogP contribution in [0.15, 0.2) is 24.3 Å². The van der Waals surface area contributed by atoms with Crippen LogP contribution in [0, 0.1) is 5.41 Å². The first-order valence-corrected chi connectivity index (χ1v) is 8.04. The van der Waals surface area contributed by atoms with Crippen molar-refractivity contribution in [2.45, 2.75) is 39.7 Å². The van der Waals surface area contributed by atoms with Crippen LogP contribution in [0.3, 0.4) is 0 Å². The third-order valence-corrected chi connectivity index (χ3v) is 4.22. The number of carboxylic acid groups (broad SMARTS) is 1. The minimum Gasteiger partial charge on any atom is -0.478 e. The van der Waals surface area contributed by atoms with Gasteiger partial charge in [0.25, 0.3) is 0 Å². The molecule has 1 aliphatic heterocycles. The Labute approximate surface area is 137 Å². The van der Waals surface area contributed by atoms with Crippen LogP contribution in [-0.4, -0.2) is 47.7 Å². The monoisotopic (exact) mass is 319 g/mol. The maximum atomic E-state index is 12.5. The lowest BCUT2D eigenvalue weighted by Crippen LogP contribution is -2.41. The molecule has 126 valence electrons. The second-order valence-corrected chi connectivity index (χ2v) is 7.12. The van der Waals surface area contributed by atoms with Crippen LogP contribution >= 0.6 is 0 Å². The van der Waals surface area contributed by atoms with E-state index in [-0.39, 0.29) is 22.6 Å². The van der Waals surface area contributed by atoms with Gasteiger partial charge >= 0.3 is 11.9 Å². The minimum atomic E-state index is -1.12. The molecule has 23 heavy (non-hydrogen) atoms. The molecule has 1 fully saturated rings. The van der Waals surface area contributed by atoms with Crippen molar-refractivity contribution >= 4 is 11.9 Å². The van der Waals surface area contributed by atoms with Crippen molar-refractivity contribution in [3.05, 3.63) is 35.4 Å². The predicted molar refractivity (Wildman–Crippen MR) is 87.7 cm³/mol. The van der Waals surface area contributed by atoms with Gasteiger partial charge in [-0.15, -0.1) is 0 Å². The summed E-state index contributed by atoms with van der Waals surface area (Å²) in [6.07, 6.45) is 2.06.